The summed E-state index contributed by atoms with van der Waals surface area (Å²) >= 11 is 3.97. The number of hydrogen-bond acceptors (Lipinski definition) is 3. The maximum Gasteiger partial charge on any atom is 0.307 e. The van der Waals surface area contributed by atoms with Crippen molar-refractivity contribution in [1.29, 1.82) is 0 Å². The van der Waals surface area contributed by atoms with Gasteiger partial charge in [0.1, 0.15) is 5.78 Å². The van der Waals surface area contributed by atoms with Gasteiger partial charge in [-0.1, -0.05) is 6.42 Å². The van der Waals surface area contributed by atoms with E-state index in [-0.39, 0.29) is 11.7 Å². The quantitative estimate of drug-likeness (QED) is 0.677. The normalized spacial score (nSPS) is 27.5. The number of aliphatic carboxylic acids is 1. The first kappa shape index (κ1) is 10.6. The lowest BCUT2D eigenvalue weighted by molar-refractivity contribution is -0.145. The second-order valence-electron chi connectivity index (χ2n) is 3.42. The third kappa shape index (κ3) is 2.46. The molecule has 1 fully saturated rings. The van der Waals surface area contributed by atoms with Crippen molar-refractivity contribution >= 4 is 24.4 Å². The molecule has 0 aliphatic heterocycles. The second-order valence-corrected chi connectivity index (χ2v) is 3.87. The lowest BCUT2D eigenvalue weighted by Gasteiger charge is -2.13. The summed E-state index contributed by atoms with van der Waals surface area (Å²) in [5.74, 6) is -0.922. The van der Waals surface area contributed by atoms with Crippen LogP contribution in [0.3, 0.4) is 0 Å². The molecule has 0 bridgehead atoms. The van der Waals surface area contributed by atoms with Gasteiger partial charge in [-0.25, -0.2) is 0 Å². The van der Waals surface area contributed by atoms with Crippen molar-refractivity contribution in [2.45, 2.75) is 25.7 Å². The van der Waals surface area contributed by atoms with Crippen LogP contribution in [0.25, 0.3) is 0 Å². The van der Waals surface area contributed by atoms with E-state index in [1.54, 1.807) is 0 Å². The van der Waals surface area contributed by atoms with E-state index in [0.29, 0.717) is 18.6 Å². The minimum Gasteiger partial charge on any atom is -0.481 e. The smallest absolute Gasteiger partial charge is 0.307 e. The van der Waals surface area contributed by atoms with E-state index >= 15 is 0 Å². The van der Waals surface area contributed by atoms with Crippen molar-refractivity contribution in [3.05, 3.63) is 0 Å². The molecule has 4 heteroatoms. The lowest BCUT2D eigenvalue weighted by Crippen LogP contribution is -2.25. The minimum absolute atomic E-state index is 0.0694. The molecule has 0 amide bonds. The first-order valence-corrected chi connectivity index (χ1v) is 5.16. The number of ketones is 1. The van der Waals surface area contributed by atoms with Crippen LogP contribution in [-0.4, -0.2) is 22.6 Å². The predicted octanol–water partition coefficient (Wildman–Crippen LogP) is 1.38. The molecule has 74 valence electrons. The molecule has 2 atom stereocenters. The Kier molecular flexibility index (Phi) is 3.78. The van der Waals surface area contributed by atoms with E-state index in [0.717, 1.165) is 12.8 Å². The Bertz CT molecular complexity index is 215. The molecule has 1 saturated carbocycles. The van der Waals surface area contributed by atoms with E-state index in [9.17, 15) is 9.59 Å². The first-order chi connectivity index (χ1) is 6.16. The highest BCUT2D eigenvalue weighted by molar-refractivity contribution is 7.80. The zero-order chi connectivity index (χ0) is 9.84. The molecule has 1 aliphatic carbocycles. The number of carbonyl (C=O) groups excluding carboxylic acids is 1. The van der Waals surface area contributed by atoms with Crippen LogP contribution in [0, 0.1) is 11.8 Å². The van der Waals surface area contributed by atoms with Crippen LogP contribution in [0.1, 0.15) is 25.7 Å². The number of thiol groups is 1. The fraction of sp³-hybridized carbons (Fsp3) is 0.778. The molecule has 1 N–H and O–H groups in total. The lowest BCUT2D eigenvalue weighted by atomic mass is 9.91. The van der Waals surface area contributed by atoms with Crippen LogP contribution < -0.4 is 0 Å². The van der Waals surface area contributed by atoms with Crippen LogP contribution in [0.2, 0.25) is 0 Å². The molecule has 0 saturated heterocycles. The van der Waals surface area contributed by atoms with Gasteiger partial charge in [-0.05, 0) is 18.6 Å². The average molecular weight is 202 g/mol. The SMILES string of the molecule is O=C(O)C1CCCC1C(=O)CCS. The van der Waals surface area contributed by atoms with Crippen molar-refractivity contribution in [3.63, 3.8) is 0 Å². The standard InChI is InChI=1S/C9H14O3S/c10-8(4-5-13)6-2-1-3-7(6)9(11)12/h6-7,13H,1-5H2,(H,11,12). The molecule has 1 rings (SSSR count). The fourth-order valence-electron chi connectivity index (χ4n) is 1.94. The summed E-state index contributed by atoms with van der Waals surface area (Å²) in [7, 11) is 0. The third-order valence-electron chi connectivity index (χ3n) is 2.60. The second kappa shape index (κ2) is 4.65. The number of carboxylic acid groups (broad SMARTS) is 1. The van der Waals surface area contributed by atoms with Gasteiger partial charge in [-0.2, -0.15) is 12.6 Å². The third-order valence-corrected chi connectivity index (χ3v) is 2.83. The Hall–Kier alpha value is -0.510. The maximum atomic E-state index is 11.4. The van der Waals surface area contributed by atoms with Crippen LogP contribution in [0.5, 0.6) is 0 Å². The monoisotopic (exact) mass is 202 g/mol. The van der Waals surface area contributed by atoms with Crippen molar-refractivity contribution in [1.82, 2.24) is 0 Å². The van der Waals surface area contributed by atoms with Crippen molar-refractivity contribution in [2.24, 2.45) is 11.8 Å². The summed E-state index contributed by atoms with van der Waals surface area (Å²) < 4.78 is 0. The molecule has 3 nitrogen and oxygen atoms in total. The molecule has 0 heterocycles. The maximum absolute atomic E-state index is 11.4. The zero-order valence-electron chi connectivity index (χ0n) is 7.40. The molecule has 0 aromatic rings. The number of hydrogen-bond donors (Lipinski definition) is 2. The highest BCUT2D eigenvalue weighted by Gasteiger charge is 2.36. The average Bonchev–Trinajstić information content (AvgIpc) is 2.52. The highest BCUT2D eigenvalue weighted by atomic mass is 32.1. The summed E-state index contributed by atoms with van der Waals surface area (Å²) in [6, 6.07) is 0. The van der Waals surface area contributed by atoms with E-state index in [1.807, 2.05) is 0 Å². The Morgan fingerprint density at radius 2 is 1.92 bits per heavy atom. The summed E-state index contributed by atoms with van der Waals surface area (Å²) in [5.41, 5.74) is 0. The van der Waals surface area contributed by atoms with Crippen LogP contribution in [0.4, 0.5) is 0 Å². The van der Waals surface area contributed by atoms with Crippen LogP contribution in [-0.2, 0) is 9.59 Å². The Balaban J connectivity index is 2.57. The molecule has 0 aromatic heterocycles. The van der Waals surface area contributed by atoms with Gasteiger partial charge in [0.15, 0.2) is 0 Å². The molecule has 0 radical (unpaired) electrons. The van der Waals surface area contributed by atoms with Gasteiger partial charge in [0, 0.05) is 12.3 Å². The molecular formula is C9H14O3S. The van der Waals surface area contributed by atoms with E-state index in [2.05, 4.69) is 12.6 Å². The predicted molar refractivity (Wildman–Crippen MR) is 51.9 cm³/mol. The largest absolute Gasteiger partial charge is 0.481 e. The van der Waals surface area contributed by atoms with Gasteiger partial charge < -0.3 is 5.11 Å². The van der Waals surface area contributed by atoms with Gasteiger partial charge in [-0.15, -0.1) is 0 Å². The van der Waals surface area contributed by atoms with E-state index in [1.165, 1.54) is 0 Å². The van der Waals surface area contributed by atoms with Gasteiger partial charge in [0.2, 0.25) is 0 Å². The summed E-state index contributed by atoms with van der Waals surface area (Å²) in [6.45, 7) is 0. The van der Waals surface area contributed by atoms with Gasteiger partial charge in [0.05, 0.1) is 5.92 Å². The van der Waals surface area contributed by atoms with E-state index in [4.69, 9.17) is 5.11 Å². The summed E-state index contributed by atoms with van der Waals surface area (Å²) in [6.07, 6.45) is 2.65. The number of carbonyl (C=O) groups is 2. The number of Topliss-reactive ketones (excluding diaryl/α,β-unsaturated/α-hetero) is 1. The molecule has 13 heavy (non-hydrogen) atoms. The van der Waals surface area contributed by atoms with E-state index < -0.39 is 11.9 Å². The summed E-state index contributed by atoms with van der Waals surface area (Å²) in [5, 5.41) is 8.83. The fourth-order valence-corrected chi connectivity index (χ4v) is 2.16. The molecule has 0 spiro atoms. The minimum atomic E-state index is -0.824. The highest BCUT2D eigenvalue weighted by Crippen LogP contribution is 2.33. The summed E-state index contributed by atoms with van der Waals surface area (Å²) in [4.78, 5) is 22.2. The van der Waals surface area contributed by atoms with Gasteiger partial charge in [-0.3, -0.25) is 9.59 Å². The number of carboxylic acids is 1. The Morgan fingerprint density at radius 3 is 2.46 bits per heavy atom. The zero-order valence-corrected chi connectivity index (χ0v) is 8.30. The topological polar surface area (TPSA) is 54.4 Å². The van der Waals surface area contributed by atoms with Crippen molar-refractivity contribution in [3.8, 4) is 0 Å². The van der Waals surface area contributed by atoms with Crippen molar-refractivity contribution < 1.29 is 14.7 Å². The Morgan fingerprint density at radius 1 is 1.31 bits per heavy atom. The molecule has 2 unspecified atom stereocenters. The van der Waals surface area contributed by atoms with Gasteiger partial charge in [0.25, 0.3) is 0 Å². The Labute approximate surface area is 82.9 Å². The number of rotatable bonds is 4. The van der Waals surface area contributed by atoms with Gasteiger partial charge >= 0.3 is 5.97 Å². The molecule has 1 aliphatic rings. The molecular weight excluding hydrogens is 188 g/mol. The van der Waals surface area contributed by atoms with Crippen LogP contribution >= 0.6 is 12.6 Å². The first-order valence-electron chi connectivity index (χ1n) is 4.53. The molecule has 0 aromatic carbocycles. The van der Waals surface area contributed by atoms with Crippen LogP contribution in [0.15, 0.2) is 0 Å². The van der Waals surface area contributed by atoms with Crippen molar-refractivity contribution in [2.75, 3.05) is 5.75 Å².